The van der Waals surface area contributed by atoms with Gasteiger partial charge >= 0.3 is 0 Å². The maximum atomic E-state index is 4.69. The monoisotopic (exact) mass is 262 g/mol. The molecule has 1 aliphatic rings. The average molecular weight is 262 g/mol. The van der Waals surface area contributed by atoms with E-state index in [0.29, 0.717) is 0 Å². The Labute approximate surface area is 116 Å². The lowest BCUT2D eigenvalue weighted by molar-refractivity contribution is 0.529. The lowest BCUT2D eigenvalue weighted by atomic mass is 10.0. The van der Waals surface area contributed by atoms with E-state index < -0.39 is 0 Å². The molecule has 1 aromatic rings. The highest BCUT2D eigenvalue weighted by molar-refractivity contribution is 5.50. The van der Waals surface area contributed by atoms with E-state index in [4.69, 9.17) is 0 Å². The van der Waals surface area contributed by atoms with Crippen LogP contribution in [0.4, 0.5) is 11.6 Å². The van der Waals surface area contributed by atoms with Crippen molar-refractivity contribution in [3.63, 3.8) is 0 Å². The minimum absolute atomic E-state index is 0.840. The van der Waals surface area contributed by atoms with Crippen molar-refractivity contribution in [1.29, 1.82) is 0 Å². The molecule has 0 bridgehead atoms. The van der Waals surface area contributed by atoms with Crippen molar-refractivity contribution in [2.75, 3.05) is 29.9 Å². The quantitative estimate of drug-likeness (QED) is 0.855. The van der Waals surface area contributed by atoms with Gasteiger partial charge in [0.1, 0.15) is 17.5 Å². The third-order valence-electron chi connectivity index (χ3n) is 3.74. The number of rotatable bonds is 6. The van der Waals surface area contributed by atoms with Crippen LogP contribution in [0.2, 0.25) is 0 Å². The van der Waals surface area contributed by atoms with Crippen LogP contribution in [0, 0.1) is 5.92 Å². The normalized spacial score (nSPS) is 18.9. The largest absolute Gasteiger partial charge is 0.370 e. The first kappa shape index (κ1) is 14.1. The topological polar surface area (TPSA) is 41.0 Å². The molecule has 2 heterocycles. The Balaban J connectivity index is 2.12. The molecule has 1 fully saturated rings. The Morgan fingerprint density at radius 3 is 2.84 bits per heavy atom. The van der Waals surface area contributed by atoms with E-state index in [2.05, 4.69) is 47.0 Å². The van der Waals surface area contributed by atoms with Crippen LogP contribution in [-0.2, 0) is 6.42 Å². The maximum absolute atomic E-state index is 4.69. The number of hydrogen-bond donors (Lipinski definition) is 1. The number of anilines is 2. The first-order valence-corrected chi connectivity index (χ1v) is 7.63. The van der Waals surface area contributed by atoms with Crippen LogP contribution in [0.25, 0.3) is 0 Å². The zero-order valence-corrected chi connectivity index (χ0v) is 12.4. The summed E-state index contributed by atoms with van der Waals surface area (Å²) in [5, 5.41) is 3.30. The van der Waals surface area contributed by atoms with E-state index in [1.54, 1.807) is 0 Å². The highest BCUT2D eigenvalue weighted by Gasteiger charge is 2.23. The van der Waals surface area contributed by atoms with E-state index in [-0.39, 0.29) is 0 Å². The van der Waals surface area contributed by atoms with Gasteiger partial charge in [0.15, 0.2) is 0 Å². The minimum Gasteiger partial charge on any atom is -0.370 e. The first-order valence-electron chi connectivity index (χ1n) is 7.63. The predicted octanol–water partition coefficient (Wildman–Crippen LogP) is 3.10. The van der Waals surface area contributed by atoms with Crippen molar-refractivity contribution in [2.24, 2.45) is 5.92 Å². The fraction of sp³-hybridized carbons (Fsp3) is 0.733. The Hall–Kier alpha value is -1.32. The molecular weight excluding hydrogens is 236 g/mol. The van der Waals surface area contributed by atoms with Crippen molar-refractivity contribution >= 4 is 11.6 Å². The molecule has 19 heavy (non-hydrogen) atoms. The summed E-state index contributed by atoms with van der Waals surface area (Å²) in [6, 6.07) is 2.09. The van der Waals surface area contributed by atoms with Gasteiger partial charge in [0.25, 0.3) is 0 Å². The van der Waals surface area contributed by atoms with Gasteiger partial charge in [-0.15, -0.1) is 0 Å². The third-order valence-corrected chi connectivity index (χ3v) is 3.74. The summed E-state index contributed by atoms with van der Waals surface area (Å²) in [5.74, 6) is 3.84. The van der Waals surface area contributed by atoms with Crippen LogP contribution in [-0.4, -0.2) is 29.6 Å². The second-order valence-electron chi connectivity index (χ2n) is 5.30. The second-order valence-corrected chi connectivity index (χ2v) is 5.30. The Morgan fingerprint density at radius 2 is 2.16 bits per heavy atom. The smallest absolute Gasteiger partial charge is 0.134 e. The number of aryl methyl sites for hydroxylation is 1. The Kier molecular flexibility index (Phi) is 5.00. The molecule has 1 aliphatic heterocycles. The summed E-state index contributed by atoms with van der Waals surface area (Å²) in [6.45, 7) is 9.67. The summed E-state index contributed by atoms with van der Waals surface area (Å²) in [6.07, 6.45) is 4.81. The molecule has 2 rings (SSSR count). The summed E-state index contributed by atoms with van der Waals surface area (Å²) in [7, 11) is 0. The van der Waals surface area contributed by atoms with Crippen LogP contribution >= 0.6 is 0 Å². The highest BCUT2D eigenvalue weighted by atomic mass is 15.2. The van der Waals surface area contributed by atoms with Gasteiger partial charge < -0.3 is 10.2 Å². The van der Waals surface area contributed by atoms with Gasteiger partial charge in [-0.05, 0) is 25.7 Å². The molecule has 0 aliphatic carbocycles. The van der Waals surface area contributed by atoms with Crippen molar-refractivity contribution in [2.45, 2.75) is 46.5 Å². The van der Waals surface area contributed by atoms with E-state index in [1.807, 2.05) is 0 Å². The van der Waals surface area contributed by atoms with Gasteiger partial charge in [-0.2, -0.15) is 0 Å². The van der Waals surface area contributed by atoms with E-state index in [9.17, 15) is 0 Å². The van der Waals surface area contributed by atoms with E-state index in [0.717, 1.165) is 49.4 Å². The number of hydrogen-bond acceptors (Lipinski definition) is 4. The molecule has 1 saturated heterocycles. The molecule has 106 valence electrons. The van der Waals surface area contributed by atoms with Crippen molar-refractivity contribution in [1.82, 2.24) is 9.97 Å². The van der Waals surface area contributed by atoms with Crippen LogP contribution in [0.1, 0.15) is 45.9 Å². The first-order chi connectivity index (χ1) is 9.26. The zero-order chi connectivity index (χ0) is 13.7. The average Bonchev–Trinajstić information content (AvgIpc) is 2.88. The molecule has 0 saturated carbocycles. The SMILES string of the molecule is CCCC1CCN(c2cc(NCC)nc(CC)n2)C1. The fourth-order valence-corrected chi connectivity index (χ4v) is 2.76. The zero-order valence-electron chi connectivity index (χ0n) is 12.4. The molecule has 1 N–H and O–H groups in total. The minimum atomic E-state index is 0.840. The lowest BCUT2D eigenvalue weighted by Gasteiger charge is -2.19. The van der Waals surface area contributed by atoms with Gasteiger partial charge in [0, 0.05) is 32.1 Å². The molecule has 0 radical (unpaired) electrons. The predicted molar refractivity (Wildman–Crippen MR) is 80.8 cm³/mol. The molecule has 1 atom stereocenters. The molecule has 1 aromatic heterocycles. The van der Waals surface area contributed by atoms with Crippen LogP contribution in [0.5, 0.6) is 0 Å². The number of nitrogens with zero attached hydrogens (tertiary/aromatic N) is 3. The van der Waals surface area contributed by atoms with Crippen LogP contribution in [0.15, 0.2) is 6.07 Å². The summed E-state index contributed by atoms with van der Waals surface area (Å²) in [5.41, 5.74) is 0. The molecule has 0 spiro atoms. The maximum Gasteiger partial charge on any atom is 0.134 e. The van der Waals surface area contributed by atoms with Gasteiger partial charge in [-0.1, -0.05) is 20.3 Å². The third kappa shape index (κ3) is 3.58. The summed E-state index contributed by atoms with van der Waals surface area (Å²) in [4.78, 5) is 11.6. The summed E-state index contributed by atoms with van der Waals surface area (Å²) >= 11 is 0. The van der Waals surface area contributed by atoms with Gasteiger partial charge in [0.05, 0.1) is 0 Å². The number of nitrogens with one attached hydrogen (secondary N) is 1. The molecule has 1 unspecified atom stereocenters. The molecule has 0 aromatic carbocycles. The van der Waals surface area contributed by atoms with Crippen molar-refractivity contribution in [3.05, 3.63) is 11.9 Å². The van der Waals surface area contributed by atoms with Crippen LogP contribution in [0.3, 0.4) is 0 Å². The molecule has 4 nitrogen and oxygen atoms in total. The van der Waals surface area contributed by atoms with E-state index in [1.165, 1.54) is 19.3 Å². The highest BCUT2D eigenvalue weighted by Crippen LogP contribution is 2.26. The second kappa shape index (κ2) is 6.73. The fourth-order valence-electron chi connectivity index (χ4n) is 2.76. The Bertz CT molecular complexity index is 405. The lowest BCUT2D eigenvalue weighted by Crippen LogP contribution is -2.22. The van der Waals surface area contributed by atoms with Crippen molar-refractivity contribution < 1.29 is 0 Å². The summed E-state index contributed by atoms with van der Waals surface area (Å²) < 4.78 is 0. The van der Waals surface area contributed by atoms with Gasteiger partial charge in [0.2, 0.25) is 0 Å². The standard InChI is InChI=1S/C15H26N4/c1-4-7-12-8-9-19(11-12)15-10-14(16-6-3)17-13(5-2)18-15/h10,12H,4-9,11H2,1-3H3,(H,16,17,18). The Morgan fingerprint density at radius 1 is 1.32 bits per heavy atom. The molecular formula is C15H26N4. The van der Waals surface area contributed by atoms with Gasteiger partial charge in [-0.3, -0.25) is 0 Å². The van der Waals surface area contributed by atoms with Crippen LogP contribution < -0.4 is 10.2 Å². The van der Waals surface area contributed by atoms with E-state index >= 15 is 0 Å². The molecule has 4 heteroatoms. The van der Waals surface area contributed by atoms with Crippen molar-refractivity contribution in [3.8, 4) is 0 Å². The molecule has 0 amide bonds. The van der Waals surface area contributed by atoms with Gasteiger partial charge in [-0.25, -0.2) is 9.97 Å². The number of aromatic nitrogens is 2.